The maximum absolute atomic E-state index is 12.5. The minimum absolute atomic E-state index is 0.114. The van der Waals surface area contributed by atoms with Crippen molar-refractivity contribution in [3.8, 4) is 5.75 Å². The van der Waals surface area contributed by atoms with Gasteiger partial charge in [0, 0.05) is 22.6 Å². The molecule has 150 valence electrons. The SMILES string of the molecule is COC(=O)C(CCC1COc2ccccc21)ON1C(C)(C)CCCC1(C)C. The zero-order valence-corrected chi connectivity index (χ0v) is 17.3. The number of benzene rings is 1. The van der Waals surface area contributed by atoms with Gasteiger partial charge in [0.15, 0.2) is 6.10 Å². The van der Waals surface area contributed by atoms with E-state index in [1.807, 2.05) is 23.3 Å². The van der Waals surface area contributed by atoms with Crippen LogP contribution in [0.2, 0.25) is 0 Å². The van der Waals surface area contributed by atoms with Crippen molar-refractivity contribution in [1.29, 1.82) is 0 Å². The quantitative estimate of drug-likeness (QED) is 0.687. The second-order valence-electron chi connectivity index (χ2n) is 9.01. The Morgan fingerprint density at radius 2 is 1.89 bits per heavy atom. The van der Waals surface area contributed by atoms with Crippen LogP contribution < -0.4 is 4.74 Å². The molecule has 0 radical (unpaired) electrons. The summed E-state index contributed by atoms with van der Waals surface area (Å²) in [5, 5.41) is 2.05. The van der Waals surface area contributed by atoms with Crippen molar-refractivity contribution in [2.45, 2.75) is 82.9 Å². The number of carbonyl (C=O) groups excluding carboxylic acids is 1. The standard InChI is InChI=1S/C22H33NO4/c1-21(2)13-8-14-22(3,4)23(21)27-19(20(24)25-5)12-11-16-15-26-18-10-7-6-9-17(16)18/h6-7,9-10,16,19H,8,11-15H2,1-5H3. The number of piperidine rings is 1. The number of hydrogen-bond donors (Lipinski definition) is 0. The van der Waals surface area contributed by atoms with Crippen molar-refractivity contribution < 1.29 is 19.1 Å². The summed E-state index contributed by atoms with van der Waals surface area (Å²) < 4.78 is 10.8. The van der Waals surface area contributed by atoms with Crippen LogP contribution in [0, 0.1) is 0 Å². The van der Waals surface area contributed by atoms with Crippen LogP contribution in [-0.2, 0) is 14.4 Å². The second kappa shape index (κ2) is 7.80. The fraction of sp³-hybridized carbons (Fsp3) is 0.682. The molecule has 1 aromatic carbocycles. The Morgan fingerprint density at radius 1 is 1.22 bits per heavy atom. The molecule has 1 saturated heterocycles. The Hall–Kier alpha value is -1.59. The average Bonchev–Trinajstić information content (AvgIpc) is 3.02. The van der Waals surface area contributed by atoms with Gasteiger partial charge in [0.05, 0.1) is 13.7 Å². The largest absolute Gasteiger partial charge is 0.493 e. The van der Waals surface area contributed by atoms with Crippen molar-refractivity contribution in [3.05, 3.63) is 29.8 Å². The maximum Gasteiger partial charge on any atom is 0.337 e. The van der Waals surface area contributed by atoms with E-state index >= 15 is 0 Å². The first-order valence-corrected chi connectivity index (χ1v) is 10.0. The Morgan fingerprint density at radius 3 is 2.56 bits per heavy atom. The predicted octanol–water partition coefficient (Wildman–Crippen LogP) is 4.46. The molecule has 0 aromatic heterocycles. The molecule has 2 heterocycles. The first kappa shape index (κ1) is 20.2. The normalized spacial score (nSPS) is 24.7. The van der Waals surface area contributed by atoms with Crippen molar-refractivity contribution in [2.75, 3.05) is 13.7 Å². The molecule has 1 aromatic rings. The second-order valence-corrected chi connectivity index (χ2v) is 9.01. The van der Waals surface area contributed by atoms with Gasteiger partial charge < -0.3 is 9.47 Å². The minimum atomic E-state index is -0.598. The topological polar surface area (TPSA) is 48.0 Å². The van der Waals surface area contributed by atoms with Gasteiger partial charge in [0.2, 0.25) is 0 Å². The third-order valence-electron chi connectivity index (χ3n) is 5.95. The molecule has 2 atom stereocenters. The minimum Gasteiger partial charge on any atom is -0.493 e. The molecular formula is C22H33NO4. The molecule has 5 heteroatoms. The third-order valence-corrected chi connectivity index (χ3v) is 5.95. The van der Waals surface area contributed by atoms with Gasteiger partial charge in [0.25, 0.3) is 0 Å². The molecule has 0 N–H and O–H groups in total. The fourth-order valence-electron chi connectivity index (χ4n) is 4.55. The number of fused-ring (bicyclic) bond motifs is 1. The van der Waals surface area contributed by atoms with Gasteiger partial charge in [-0.25, -0.2) is 4.79 Å². The number of carbonyl (C=O) groups is 1. The van der Waals surface area contributed by atoms with Gasteiger partial charge >= 0.3 is 5.97 Å². The number of methoxy groups -OCH3 is 1. The highest BCUT2D eigenvalue weighted by atomic mass is 16.7. The smallest absolute Gasteiger partial charge is 0.337 e. The number of rotatable bonds is 6. The van der Waals surface area contributed by atoms with Crippen LogP contribution in [0.3, 0.4) is 0 Å². The van der Waals surface area contributed by atoms with Crippen LogP contribution in [-0.4, -0.2) is 41.9 Å². The highest BCUT2D eigenvalue weighted by molar-refractivity contribution is 5.74. The highest BCUT2D eigenvalue weighted by Crippen LogP contribution is 2.40. The predicted molar refractivity (Wildman–Crippen MR) is 105 cm³/mol. The number of hydroxylamine groups is 2. The molecule has 1 fully saturated rings. The summed E-state index contributed by atoms with van der Waals surface area (Å²) in [5.41, 5.74) is 0.994. The van der Waals surface area contributed by atoms with Crippen molar-refractivity contribution in [3.63, 3.8) is 0 Å². The van der Waals surface area contributed by atoms with E-state index in [4.69, 9.17) is 14.3 Å². The van der Waals surface area contributed by atoms with Crippen molar-refractivity contribution >= 4 is 5.97 Å². The van der Waals surface area contributed by atoms with E-state index in [0.717, 1.165) is 25.0 Å². The number of hydrogen-bond acceptors (Lipinski definition) is 5. The van der Waals surface area contributed by atoms with Gasteiger partial charge in [0.1, 0.15) is 5.75 Å². The summed E-state index contributed by atoms with van der Waals surface area (Å²) in [6, 6.07) is 8.13. The first-order valence-electron chi connectivity index (χ1n) is 10.0. The van der Waals surface area contributed by atoms with Crippen molar-refractivity contribution in [2.24, 2.45) is 0 Å². The van der Waals surface area contributed by atoms with Crippen LogP contribution in [0.15, 0.2) is 24.3 Å². The molecule has 0 bridgehead atoms. The van der Waals surface area contributed by atoms with Gasteiger partial charge in [-0.05, 0) is 65.9 Å². The van der Waals surface area contributed by atoms with E-state index in [0.29, 0.717) is 18.9 Å². The Labute approximate surface area is 162 Å². The molecule has 0 amide bonds. The number of para-hydroxylation sites is 1. The van der Waals surface area contributed by atoms with E-state index < -0.39 is 6.10 Å². The number of ether oxygens (including phenoxy) is 2. The summed E-state index contributed by atoms with van der Waals surface area (Å²) in [6.45, 7) is 9.40. The number of nitrogens with zero attached hydrogens (tertiary/aromatic N) is 1. The highest BCUT2D eigenvalue weighted by Gasteiger charge is 2.44. The third kappa shape index (κ3) is 4.30. The molecular weight excluding hydrogens is 342 g/mol. The van der Waals surface area contributed by atoms with E-state index in [2.05, 4.69) is 33.8 Å². The van der Waals surface area contributed by atoms with Gasteiger partial charge in [-0.15, -0.1) is 0 Å². The lowest BCUT2D eigenvalue weighted by Crippen LogP contribution is -2.60. The monoisotopic (exact) mass is 375 g/mol. The van der Waals surface area contributed by atoms with Crippen LogP contribution >= 0.6 is 0 Å². The molecule has 2 aliphatic rings. The lowest BCUT2D eigenvalue weighted by molar-refractivity contribution is -0.303. The van der Waals surface area contributed by atoms with E-state index in [1.54, 1.807) is 0 Å². The lowest BCUT2D eigenvalue weighted by Gasteiger charge is -2.52. The fourth-order valence-corrected chi connectivity index (χ4v) is 4.55. The first-order chi connectivity index (χ1) is 12.7. The van der Waals surface area contributed by atoms with E-state index in [9.17, 15) is 4.79 Å². The summed E-state index contributed by atoms with van der Waals surface area (Å²) in [5.74, 6) is 0.940. The zero-order chi connectivity index (χ0) is 19.7. The Bertz CT molecular complexity index is 654. The summed E-state index contributed by atoms with van der Waals surface area (Å²) in [4.78, 5) is 18.8. The summed E-state index contributed by atoms with van der Waals surface area (Å²) in [7, 11) is 1.43. The van der Waals surface area contributed by atoms with Crippen LogP contribution in [0.5, 0.6) is 5.75 Å². The van der Waals surface area contributed by atoms with E-state index in [-0.39, 0.29) is 17.0 Å². The molecule has 2 unspecified atom stereocenters. The Balaban J connectivity index is 1.70. The molecule has 0 aliphatic carbocycles. The number of esters is 1. The molecule has 2 aliphatic heterocycles. The van der Waals surface area contributed by atoms with Gasteiger partial charge in [-0.3, -0.25) is 4.84 Å². The lowest BCUT2D eigenvalue weighted by atomic mass is 9.82. The Kier molecular flexibility index (Phi) is 5.82. The summed E-state index contributed by atoms with van der Waals surface area (Å²) in [6.07, 6.45) is 4.10. The maximum atomic E-state index is 12.5. The van der Waals surface area contributed by atoms with Crippen LogP contribution in [0.1, 0.15) is 71.3 Å². The average molecular weight is 376 g/mol. The zero-order valence-electron chi connectivity index (χ0n) is 17.3. The van der Waals surface area contributed by atoms with E-state index in [1.165, 1.54) is 19.1 Å². The molecule has 27 heavy (non-hydrogen) atoms. The van der Waals surface area contributed by atoms with Gasteiger partial charge in [-0.1, -0.05) is 18.2 Å². The molecule has 5 nitrogen and oxygen atoms in total. The molecule has 3 rings (SSSR count). The van der Waals surface area contributed by atoms with Crippen molar-refractivity contribution in [1.82, 2.24) is 5.06 Å². The van der Waals surface area contributed by atoms with Crippen LogP contribution in [0.25, 0.3) is 0 Å². The molecule has 0 saturated carbocycles. The van der Waals surface area contributed by atoms with Crippen LogP contribution in [0.4, 0.5) is 0 Å². The van der Waals surface area contributed by atoms with Gasteiger partial charge in [-0.2, -0.15) is 5.06 Å². The summed E-state index contributed by atoms with van der Waals surface area (Å²) >= 11 is 0. The molecule has 0 spiro atoms.